The van der Waals surface area contributed by atoms with Crippen molar-refractivity contribution in [1.82, 2.24) is 60.1 Å². The smallest absolute Gasteiger partial charge is 0.326 e. The number of fused-ring (bicyclic) bond motifs is 3. The lowest BCUT2D eigenvalue weighted by Crippen LogP contribution is -2.41. The van der Waals surface area contributed by atoms with Gasteiger partial charge in [0.25, 0.3) is 11.5 Å². The third-order valence-electron chi connectivity index (χ3n) is 14.2. The standard InChI is InChI=1S/C62H65ClF2N14O10/c1-37(46-27-40(31-66)7-10-48(46)64)71-58-55(63)38(2)70-52-30-49(65)56(75-57(52)58)44-32-68-62(69-33-44)89-19-6-4-5-17-79-35-45(76-77-79)36-88-26-25-87-24-23-86-22-21-85-20-16-67-54(80)14-12-51(61(83)84)74-59(81)43-9-13-53-42(29-43)15-18-78(53)34-41-8-11-50-47(28-41)60(82)73-39(3)72-50/h7-11,13,15,18,27-30,32-33,35,37,51H,4-6,12,14,16-17,19-26,34,36H2,1-3H3,(H,67,80)(H,70,71)(H,74,81)(H,83,84)(H,72,73,82)/t37-,51+/m1/s1. The number of aryl methyl sites for hydroxylation is 3. The van der Waals surface area contributed by atoms with Crippen LogP contribution in [-0.4, -0.2) is 138 Å². The van der Waals surface area contributed by atoms with E-state index in [1.165, 1.54) is 36.7 Å². The first-order chi connectivity index (χ1) is 43.1. The van der Waals surface area contributed by atoms with Crippen LogP contribution in [0, 0.1) is 36.8 Å². The predicted molar refractivity (Wildman–Crippen MR) is 324 cm³/mol. The highest BCUT2D eigenvalue weighted by atomic mass is 35.5. The summed E-state index contributed by atoms with van der Waals surface area (Å²) in [5.41, 5.74) is 5.13. The number of halogens is 3. The number of benzene rings is 3. The van der Waals surface area contributed by atoms with Crippen LogP contribution in [0.1, 0.15) is 89.3 Å². The third-order valence-corrected chi connectivity index (χ3v) is 14.7. The van der Waals surface area contributed by atoms with Crippen LogP contribution in [0.2, 0.25) is 5.02 Å². The number of hydrogen-bond acceptors (Lipinski definition) is 18. The molecule has 0 saturated carbocycles. The Balaban J connectivity index is 0.573. The van der Waals surface area contributed by atoms with Gasteiger partial charge in [0, 0.05) is 78.3 Å². The van der Waals surface area contributed by atoms with Gasteiger partial charge in [0.2, 0.25) is 5.91 Å². The van der Waals surface area contributed by atoms with Gasteiger partial charge in [-0.3, -0.25) is 19.1 Å². The molecule has 0 aliphatic carbocycles. The Morgan fingerprint density at radius 3 is 2.37 bits per heavy atom. The summed E-state index contributed by atoms with van der Waals surface area (Å²) in [7, 11) is 0. The number of nitrogens with zero attached hydrogens (tertiary/aromatic N) is 10. The molecule has 3 aromatic carbocycles. The SMILES string of the molecule is Cc1nc2ccc(Cn3ccc4cc(C(=O)N[C@@H](CCC(=O)NCCOCCOCCOCCOCc5cn(CCCCCOc6ncc(-c7nc8c(N[C@H](C)c9cc(C#N)ccc9F)c(Cl)c(C)nc8cc7F)cn6)nn5)C(=O)O)ccc43)cc2c(=O)[nH]1. The molecule has 0 saturated heterocycles. The molecular formula is C62H65ClF2N14O10. The number of amides is 2. The summed E-state index contributed by atoms with van der Waals surface area (Å²) in [5.74, 6) is -2.84. The van der Waals surface area contributed by atoms with Crippen LogP contribution in [0.15, 0.2) is 96.3 Å². The van der Waals surface area contributed by atoms with E-state index in [2.05, 4.69) is 56.2 Å². The predicted octanol–water partition coefficient (Wildman–Crippen LogP) is 8.11. The quantitative estimate of drug-likeness (QED) is 0.0243. The Hall–Kier alpha value is -9.39. The highest BCUT2D eigenvalue weighted by Crippen LogP contribution is 2.37. The van der Waals surface area contributed by atoms with E-state index in [4.69, 9.17) is 35.3 Å². The molecule has 0 fully saturated rings. The van der Waals surface area contributed by atoms with E-state index in [-0.39, 0.29) is 88.5 Å². The summed E-state index contributed by atoms with van der Waals surface area (Å²) in [6, 6.07) is 18.0. The second kappa shape index (κ2) is 31.0. The van der Waals surface area contributed by atoms with Crippen LogP contribution in [-0.2, 0) is 48.2 Å². The van der Waals surface area contributed by atoms with Crippen LogP contribution >= 0.6 is 11.6 Å². The number of pyridine rings is 2. The van der Waals surface area contributed by atoms with Crippen molar-refractivity contribution in [2.24, 2.45) is 0 Å². The minimum absolute atomic E-state index is 0.0416. The number of nitriles is 1. The number of carbonyl (C=O) groups is 3. The molecule has 0 aliphatic heterocycles. The minimum atomic E-state index is -1.29. The molecule has 0 unspecified atom stereocenters. The fourth-order valence-electron chi connectivity index (χ4n) is 9.62. The van der Waals surface area contributed by atoms with Crippen LogP contribution in [0.3, 0.4) is 0 Å². The van der Waals surface area contributed by atoms with Gasteiger partial charge in [0.1, 0.15) is 34.6 Å². The van der Waals surface area contributed by atoms with E-state index < -0.39 is 35.6 Å². The summed E-state index contributed by atoms with van der Waals surface area (Å²) in [6.45, 7) is 9.30. The Morgan fingerprint density at radius 1 is 0.843 bits per heavy atom. The number of aliphatic carboxylic acids is 1. The number of H-pyrrole nitrogens is 1. The van der Waals surface area contributed by atoms with Gasteiger partial charge in [-0.25, -0.2) is 38.5 Å². The first-order valence-corrected chi connectivity index (χ1v) is 29.1. The maximum atomic E-state index is 15.5. The number of hydrogen-bond donors (Lipinski definition) is 5. The highest BCUT2D eigenvalue weighted by Gasteiger charge is 2.24. The zero-order valence-electron chi connectivity index (χ0n) is 49.1. The number of anilines is 1. The van der Waals surface area contributed by atoms with Crippen molar-refractivity contribution in [2.45, 2.75) is 84.7 Å². The number of carboxylic acid groups (broad SMARTS) is 1. The molecule has 464 valence electrons. The molecule has 89 heavy (non-hydrogen) atoms. The largest absolute Gasteiger partial charge is 0.480 e. The van der Waals surface area contributed by atoms with Gasteiger partial charge < -0.3 is 54.3 Å². The Labute approximate surface area is 513 Å². The first kappa shape index (κ1) is 64.1. The van der Waals surface area contributed by atoms with Crippen molar-refractivity contribution in [2.75, 3.05) is 64.7 Å². The zero-order chi connectivity index (χ0) is 62.8. The van der Waals surface area contributed by atoms with Crippen molar-refractivity contribution >= 4 is 67.9 Å². The van der Waals surface area contributed by atoms with E-state index >= 15 is 4.39 Å². The lowest BCUT2D eigenvalue weighted by atomic mass is 10.0. The van der Waals surface area contributed by atoms with E-state index in [1.54, 1.807) is 43.7 Å². The van der Waals surface area contributed by atoms with E-state index in [0.717, 1.165) is 35.7 Å². The molecule has 6 aromatic heterocycles. The highest BCUT2D eigenvalue weighted by molar-refractivity contribution is 6.35. The summed E-state index contributed by atoms with van der Waals surface area (Å²) in [5, 5.41) is 37.4. The summed E-state index contributed by atoms with van der Waals surface area (Å²) >= 11 is 6.68. The molecule has 0 aliphatic rings. The fourth-order valence-corrected chi connectivity index (χ4v) is 9.80. The minimum Gasteiger partial charge on any atom is -0.480 e. The van der Waals surface area contributed by atoms with Gasteiger partial charge in [0.15, 0.2) is 5.82 Å². The number of aromatic amines is 1. The number of carboxylic acids is 1. The van der Waals surface area contributed by atoms with Crippen LogP contribution in [0.4, 0.5) is 14.5 Å². The van der Waals surface area contributed by atoms with Crippen molar-refractivity contribution in [3.05, 3.63) is 158 Å². The number of ether oxygens (including phenoxy) is 5. The van der Waals surface area contributed by atoms with Gasteiger partial charge in [-0.15, -0.1) is 5.10 Å². The molecule has 24 nitrogen and oxygen atoms in total. The van der Waals surface area contributed by atoms with Crippen LogP contribution < -0.4 is 26.2 Å². The van der Waals surface area contributed by atoms with Crippen molar-refractivity contribution in [3.63, 3.8) is 0 Å². The Morgan fingerprint density at radius 2 is 1.61 bits per heavy atom. The average molecular weight is 1240 g/mol. The third kappa shape index (κ3) is 17.4. The van der Waals surface area contributed by atoms with E-state index in [0.29, 0.717) is 98.7 Å². The van der Waals surface area contributed by atoms with Crippen molar-refractivity contribution in [3.8, 4) is 23.3 Å². The maximum absolute atomic E-state index is 15.5. The number of rotatable bonds is 33. The molecule has 2 atom stereocenters. The second-order valence-corrected chi connectivity index (χ2v) is 21.2. The van der Waals surface area contributed by atoms with Gasteiger partial charge in [-0.1, -0.05) is 22.9 Å². The number of carbonyl (C=O) groups excluding carboxylic acids is 2. The lowest BCUT2D eigenvalue weighted by molar-refractivity contribution is -0.139. The molecule has 6 heterocycles. The monoisotopic (exact) mass is 1240 g/mol. The summed E-state index contributed by atoms with van der Waals surface area (Å²) in [4.78, 5) is 74.8. The molecule has 27 heteroatoms. The van der Waals surface area contributed by atoms with Crippen molar-refractivity contribution < 1.29 is 52.0 Å². The average Bonchev–Trinajstić information content (AvgIpc) is 1.22. The van der Waals surface area contributed by atoms with Gasteiger partial charge in [0.05, 0.1) is 116 Å². The lowest BCUT2D eigenvalue weighted by Gasteiger charge is -2.20. The van der Waals surface area contributed by atoms with Gasteiger partial charge in [-0.2, -0.15) is 5.26 Å². The first-order valence-electron chi connectivity index (χ1n) is 28.8. The molecule has 0 radical (unpaired) electrons. The second-order valence-electron chi connectivity index (χ2n) is 20.8. The summed E-state index contributed by atoms with van der Waals surface area (Å²) in [6.07, 6.45) is 8.66. The molecule has 9 aromatic rings. The molecular weight excluding hydrogens is 1170 g/mol. The molecule has 9 rings (SSSR count). The normalized spacial score (nSPS) is 12.1. The molecule has 0 bridgehead atoms. The number of nitrogens with one attached hydrogen (secondary N) is 4. The molecule has 0 spiro atoms. The topological polar surface area (TPSA) is 310 Å². The van der Waals surface area contributed by atoms with E-state index in [1.807, 2.05) is 47.3 Å². The molecule has 2 amide bonds. The number of aromatic nitrogens is 10. The zero-order valence-corrected chi connectivity index (χ0v) is 49.8. The Bertz CT molecular complexity index is 4070. The molecule has 5 N–H and O–H groups in total. The van der Waals surface area contributed by atoms with E-state index in [9.17, 15) is 33.9 Å². The summed E-state index contributed by atoms with van der Waals surface area (Å²) < 4.78 is 62.1. The van der Waals surface area contributed by atoms with Crippen LogP contribution in [0.25, 0.3) is 44.1 Å². The van der Waals surface area contributed by atoms with Gasteiger partial charge >= 0.3 is 12.0 Å². The number of unbranched alkanes of at least 4 members (excludes halogenated alkanes) is 2. The fraction of sp³-hybridized carbons (Fsp3) is 0.355. The Kier molecular flexibility index (Phi) is 22.3. The van der Waals surface area contributed by atoms with Gasteiger partial charge in [-0.05, 0) is 107 Å². The maximum Gasteiger partial charge on any atom is 0.326 e. The van der Waals surface area contributed by atoms with Crippen LogP contribution in [0.5, 0.6) is 6.01 Å². The van der Waals surface area contributed by atoms with Crippen molar-refractivity contribution in [1.29, 1.82) is 5.26 Å².